The van der Waals surface area contributed by atoms with Crippen molar-refractivity contribution in [2.75, 3.05) is 19.9 Å². The highest BCUT2D eigenvalue weighted by molar-refractivity contribution is 9.10. The maximum absolute atomic E-state index is 5.50. The second-order valence-electron chi connectivity index (χ2n) is 6.73. The zero-order valence-electron chi connectivity index (χ0n) is 14.2. The molecule has 132 valence electrons. The Morgan fingerprint density at radius 1 is 1.04 bits per heavy atom. The molecule has 25 heavy (non-hydrogen) atoms. The summed E-state index contributed by atoms with van der Waals surface area (Å²) in [4.78, 5) is 2.55. The number of fused-ring (bicyclic) bond motifs is 1. The minimum absolute atomic E-state index is 0.310. The van der Waals surface area contributed by atoms with Crippen LogP contribution in [-0.4, -0.2) is 30.8 Å². The summed E-state index contributed by atoms with van der Waals surface area (Å²) in [5, 5.41) is 3.70. The minimum Gasteiger partial charge on any atom is -0.454 e. The molecule has 0 radical (unpaired) electrons. The third kappa shape index (κ3) is 4.17. The van der Waals surface area contributed by atoms with Gasteiger partial charge in [0.15, 0.2) is 11.5 Å². The average Bonchev–Trinajstić information content (AvgIpc) is 3.11. The van der Waals surface area contributed by atoms with Gasteiger partial charge in [0.25, 0.3) is 0 Å². The van der Waals surface area contributed by atoms with E-state index in [-0.39, 0.29) is 0 Å². The molecular weight excluding hydrogens is 380 g/mol. The summed E-state index contributed by atoms with van der Waals surface area (Å²) in [6, 6.07) is 15.5. The maximum Gasteiger partial charge on any atom is 0.231 e. The van der Waals surface area contributed by atoms with E-state index in [1.54, 1.807) is 0 Å². The number of halogens is 1. The van der Waals surface area contributed by atoms with Gasteiger partial charge in [-0.3, -0.25) is 4.90 Å². The van der Waals surface area contributed by atoms with Gasteiger partial charge in [-0.25, -0.2) is 0 Å². The Morgan fingerprint density at radius 2 is 1.84 bits per heavy atom. The lowest BCUT2D eigenvalue weighted by molar-refractivity contribution is 0.173. The molecule has 0 aliphatic carbocycles. The molecule has 2 aliphatic heterocycles. The highest BCUT2D eigenvalue weighted by Crippen LogP contribution is 2.40. The molecule has 5 heteroatoms. The summed E-state index contributed by atoms with van der Waals surface area (Å²) in [6.07, 6.45) is 2.39. The fourth-order valence-electron chi connectivity index (χ4n) is 3.52. The number of nitrogens with zero attached hydrogens (tertiary/aromatic N) is 1. The number of benzene rings is 2. The first-order valence-electron chi connectivity index (χ1n) is 8.85. The SMILES string of the molecule is Brc1cc(CNC2CCN(Cc3ccccc3)CC2)cc2c1OCO2. The fourth-order valence-corrected chi connectivity index (χ4v) is 4.13. The molecule has 2 aromatic rings. The normalized spacial score (nSPS) is 17.8. The lowest BCUT2D eigenvalue weighted by Gasteiger charge is -2.32. The number of nitrogens with one attached hydrogen (secondary N) is 1. The van der Waals surface area contributed by atoms with Crippen LogP contribution >= 0.6 is 15.9 Å². The Morgan fingerprint density at radius 3 is 2.64 bits per heavy atom. The third-order valence-corrected chi connectivity index (χ3v) is 5.51. The Bertz CT molecular complexity index is 715. The van der Waals surface area contributed by atoms with Crippen molar-refractivity contribution >= 4 is 15.9 Å². The van der Waals surface area contributed by atoms with Crippen molar-refractivity contribution in [2.45, 2.75) is 32.0 Å². The third-order valence-electron chi connectivity index (χ3n) is 4.92. The van der Waals surface area contributed by atoms with Crippen LogP contribution in [0.15, 0.2) is 46.9 Å². The molecule has 4 rings (SSSR count). The predicted molar refractivity (Wildman–Crippen MR) is 102 cm³/mol. The van der Waals surface area contributed by atoms with Crippen LogP contribution in [0.1, 0.15) is 24.0 Å². The second kappa shape index (κ2) is 7.77. The molecule has 0 saturated carbocycles. The maximum atomic E-state index is 5.50. The first-order valence-corrected chi connectivity index (χ1v) is 9.65. The summed E-state index contributed by atoms with van der Waals surface area (Å²) in [5.41, 5.74) is 2.63. The lowest BCUT2D eigenvalue weighted by Crippen LogP contribution is -2.41. The summed E-state index contributed by atoms with van der Waals surface area (Å²) >= 11 is 3.56. The van der Waals surface area contributed by atoms with E-state index >= 15 is 0 Å². The van der Waals surface area contributed by atoms with Crippen molar-refractivity contribution in [3.8, 4) is 11.5 Å². The number of rotatable bonds is 5. The molecule has 0 amide bonds. The van der Waals surface area contributed by atoms with Crippen LogP contribution in [0.4, 0.5) is 0 Å². The quantitative estimate of drug-likeness (QED) is 0.821. The van der Waals surface area contributed by atoms with Crippen LogP contribution in [0.5, 0.6) is 11.5 Å². The van der Waals surface area contributed by atoms with Gasteiger partial charge in [-0.05, 0) is 65.1 Å². The van der Waals surface area contributed by atoms with Gasteiger partial charge in [0.2, 0.25) is 6.79 Å². The molecule has 2 aliphatic rings. The van der Waals surface area contributed by atoms with Crippen molar-refractivity contribution < 1.29 is 9.47 Å². The number of ether oxygens (including phenoxy) is 2. The molecule has 1 saturated heterocycles. The summed E-state index contributed by atoms with van der Waals surface area (Å²) in [5.74, 6) is 1.65. The zero-order chi connectivity index (χ0) is 17.1. The lowest BCUT2D eigenvalue weighted by atomic mass is 10.0. The Labute approximate surface area is 157 Å². The summed E-state index contributed by atoms with van der Waals surface area (Å²) in [7, 11) is 0. The first-order chi connectivity index (χ1) is 12.3. The Kier molecular flexibility index (Phi) is 5.25. The molecule has 1 fully saturated rings. The molecular formula is C20H23BrN2O2. The number of likely N-dealkylation sites (tertiary alicyclic amines) is 1. The molecule has 0 unspecified atom stereocenters. The van der Waals surface area contributed by atoms with Gasteiger partial charge >= 0.3 is 0 Å². The highest BCUT2D eigenvalue weighted by atomic mass is 79.9. The molecule has 4 nitrogen and oxygen atoms in total. The van der Waals surface area contributed by atoms with Crippen molar-refractivity contribution in [1.82, 2.24) is 10.2 Å². The Balaban J connectivity index is 1.26. The standard InChI is InChI=1S/C20H23BrN2O2/c21-18-10-16(11-19-20(18)25-14-24-19)12-22-17-6-8-23(9-7-17)13-15-4-2-1-3-5-15/h1-5,10-11,17,22H,6-9,12-14H2. The van der Waals surface area contributed by atoms with Gasteiger partial charge < -0.3 is 14.8 Å². The summed E-state index contributed by atoms with van der Waals surface area (Å²) < 4.78 is 11.9. The van der Waals surface area contributed by atoms with Gasteiger partial charge in [0, 0.05) is 19.1 Å². The van der Waals surface area contributed by atoms with Crippen molar-refractivity contribution in [3.05, 3.63) is 58.1 Å². The van der Waals surface area contributed by atoms with E-state index in [1.165, 1.54) is 24.0 Å². The fraction of sp³-hybridized carbons (Fsp3) is 0.400. The van der Waals surface area contributed by atoms with Crippen molar-refractivity contribution in [1.29, 1.82) is 0 Å². The molecule has 1 N–H and O–H groups in total. The Hall–Kier alpha value is -1.56. The zero-order valence-corrected chi connectivity index (χ0v) is 15.8. The van der Waals surface area contributed by atoms with Crippen molar-refractivity contribution in [2.24, 2.45) is 0 Å². The van der Waals surface area contributed by atoms with Gasteiger partial charge in [-0.2, -0.15) is 0 Å². The summed E-state index contributed by atoms with van der Waals surface area (Å²) in [6.45, 7) is 4.53. The van der Waals surface area contributed by atoms with Gasteiger partial charge in [0.05, 0.1) is 4.47 Å². The molecule has 0 bridgehead atoms. The van der Waals surface area contributed by atoms with Crippen LogP contribution in [0.25, 0.3) is 0 Å². The number of hydrogen-bond donors (Lipinski definition) is 1. The first kappa shape index (κ1) is 16.9. The van der Waals surface area contributed by atoms with E-state index in [0.717, 1.165) is 42.2 Å². The predicted octanol–water partition coefficient (Wildman–Crippen LogP) is 3.93. The minimum atomic E-state index is 0.310. The average molecular weight is 403 g/mol. The van der Waals surface area contributed by atoms with E-state index in [9.17, 15) is 0 Å². The van der Waals surface area contributed by atoms with E-state index in [1.807, 2.05) is 0 Å². The monoisotopic (exact) mass is 402 g/mol. The van der Waals surface area contributed by atoms with E-state index in [4.69, 9.17) is 9.47 Å². The van der Waals surface area contributed by atoms with Crippen LogP contribution in [-0.2, 0) is 13.1 Å². The second-order valence-corrected chi connectivity index (χ2v) is 7.58. The largest absolute Gasteiger partial charge is 0.454 e. The van der Waals surface area contributed by atoms with Crippen LogP contribution < -0.4 is 14.8 Å². The van der Waals surface area contributed by atoms with Gasteiger partial charge in [-0.15, -0.1) is 0 Å². The number of piperidine rings is 1. The van der Waals surface area contributed by atoms with Crippen LogP contribution in [0.2, 0.25) is 0 Å². The van der Waals surface area contributed by atoms with Crippen LogP contribution in [0, 0.1) is 0 Å². The molecule has 0 atom stereocenters. The van der Waals surface area contributed by atoms with Crippen molar-refractivity contribution in [3.63, 3.8) is 0 Å². The van der Waals surface area contributed by atoms with Gasteiger partial charge in [-0.1, -0.05) is 30.3 Å². The smallest absolute Gasteiger partial charge is 0.231 e. The van der Waals surface area contributed by atoms with Crippen LogP contribution in [0.3, 0.4) is 0 Å². The molecule has 2 aromatic carbocycles. The number of hydrogen-bond acceptors (Lipinski definition) is 4. The molecule has 0 aromatic heterocycles. The van der Waals surface area contributed by atoms with E-state index < -0.39 is 0 Å². The molecule has 0 spiro atoms. The van der Waals surface area contributed by atoms with E-state index in [0.29, 0.717) is 12.8 Å². The molecule has 2 heterocycles. The van der Waals surface area contributed by atoms with E-state index in [2.05, 4.69) is 68.6 Å². The highest BCUT2D eigenvalue weighted by Gasteiger charge is 2.20. The topological polar surface area (TPSA) is 33.7 Å². The van der Waals surface area contributed by atoms with Gasteiger partial charge in [0.1, 0.15) is 0 Å².